The third kappa shape index (κ3) is 3.61. The van der Waals surface area contributed by atoms with Gasteiger partial charge in [-0.25, -0.2) is 4.99 Å². The summed E-state index contributed by atoms with van der Waals surface area (Å²) < 4.78 is 0. The van der Waals surface area contributed by atoms with E-state index in [-0.39, 0.29) is 28.4 Å². The number of amides is 1. The summed E-state index contributed by atoms with van der Waals surface area (Å²) in [5, 5.41) is 3.64. The van der Waals surface area contributed by atoms with Gasteiger partial charge in [0.25, 0.3) is 0 Å². The predicted molar refractivity (Wildman–Crippen MR) is 73.6 cm³/mol. The molecule has 0 bridgehead atoms. The minimum atomic E-state index is -0.309. The molecule has 1 aromatic carbocycles. The van der Waals surface area contributed by atoms with Crippen LogP contribution in [0, 0.1) is 0 Å². The maximum atomic E-state index is 12.0. The number of aliphatic imine (C=N–C) groups is 1. The molecule has 0 radical (unpaired) electrons. The first-order chi connectivity index (χ1) is 8.49. The van der Waals surface area contributed by atoms with E-state index in [2.05, 4.69) is 10.3 Å². The highest BCUT2D eigenvalue weighted by atomic mass is 35.5. The first kappa shape index (κ1) is 16.3. The van der Waals surface area contributed by atoms with Crippen molar-refractivity contribution >= 4 is 52.7 Å². The standard InChI is InChI=1S/C11H8Cl3N3O.ClH/c1-17-5-15-4-9(17)11(18)16-10-7(13)2-6(12)3-8(10)14;/h2-5H,1H3,(H,16,18);1H. The van der Waals surface area contributed by atoms with Crippen LogP contribution >= 0.6 is 34.8 Å². The Morgan fingerprint density at radius 1 is 1.26 bits per heavy atom. The van der Waals surface area contributed by atoms with Gasteiger partial charge in [-0.1, -0.05) is 34.8 Å². The topological polar surface area (TPSA) is 45.9 Å². The van der Waals surface area contributed by atoms with Crippen molar-refractivity contribution in [2.45, 2.75) is 0 Å². The second-order valence-corrected chi connectivity index (χ2v) is 4.95. The highest BCUT2D eigenvalue weighted by Gasteiger charge is 2.23. The lowest BCUT2D eigenvalue weighted by Gasteiger charge is -2.11. The number of nitrogens with one attached hydrogen (secondary N) is 2. The number of rotatable bonds is 2. The molecule has 1 aliphatic heterocycles. The Morgan fingerprint density at radius 2 is 1.84 bits per heavy atom. The van der Waals surface area contributed by atoms with Crippen molar-refractivity contribution in [3.8, 4) is 0 Å². The summed E-state index contributed by atoms with van der Waals surface area (Å²) in [6.07, 6.45) is 3.10. The fraction of sp³-hybridized carbons (Fsp3) is 0.0909. The summed E-state index contributed by atoms with van der Waals surface area (Å²) in [7, 11) is 1.80. The Hall–Kier alpha value is -0.780. The number of nitrogens with zero attached hydrogens (tertiary/aromatic N) is 1. The van der Waals surface area contributed by atoms with E-state index in [9.17, 15) is 4.79 Å². The first-order valence-corrected chi connectivity index (χ1v) is 6.15. The zero-order chi connectivity index (χ0) is 13.3. The zero-order valence-corrected chi connectivity index (χ0v) is 12.7. The second-order valence-electron chi connectivity index (χ2n) is 3.70. The molecule has 0 saturated carbocycles. The van der Waals surface area contributed by atoms with Gasteiger partial charge in [-0.15, -0.1) is 0 Å². The van der Waals surface area contributed by atoms with Crippen LogP contribution in [0.3, 0.4) is 0 Å². The van der Waals surface area contributed by atoms with E-state index in [4.69, 9.17) is 34.8 Å². The van der Waals surface area contributed by atoms with Gasteiger partial charge < -0.3 is 17.7 Å². The number of likely N-dealkylation sites (N-methyl/N-ethyl adjacent to an activating group) is 1. The van der Waals surface area contributed by atoms with Crippen LogP contribution in [0.15, 0.2) is 29.0 Å². The Bertz CT molecular complexity index is 548. The second kappa shape index (κ2) is 6.59. The molecule has 4 nitrogen and oxygen atoms in total. The molecule has 1 heterocycles. The Morgan fingerprint density at radius 3 is 2.32 bits per heavy atom. The van der Waals surface area contributed by atoms with Gasteiger partial charge in [-0.3, -0.25) is 9.69 Å². The van der Waals surface area contributed by atoms with Crippen molar-refractivity contribution in [3.63, 3.8) is 0 Å². The molecule has 0 saturated heterocycles. The van der Waals surface area contributed by atoms with Crippen molar-refractivity contribution in [2.24, 2.45) is 4.99 Å². The lowest BCUT2D eigenvalue weighted by atomic mass is 10.3. The summed E-state index contributed by atoms with van der Waals surface area (Å²) >= 11 is 17.8. The van der Waals surface area contributed by atoms with Crippen molar-refractivity contribution in [3.05, 3.63) is 39.1 Å². The monoisotopic (exact) mass is 339 g/mol. The number of carbonyl (C=O) groups excluding carboxylic acids is 1. The third-order valence-electron chi connectivity index (χ3n) is 2.39. The maximum Gasteiger partial charge on any atom is 0.311 e. The highest BCUT2D eigenvalue weighted by Crippen LogP contribution is 2.33. The Kier molecular flexibility index (Phi) is 5.64. The minimum absolute atomic E-state index is 0. The average Bonchev–Trinajstić information content (AvgIpc) is 2.69. The van der Waals surface area contributed by atoms with Crippen LogP contribution in [0.25, 0.3) is 0 Å². The Balaban J connectivity index is 0.00000180. The summed E-state index contributed by atoms with van der Waals surface area (Å²) in [6, 6.07) is 3.03. The molecule has 102 valence electrons. The smallest absolute Gasteiger partial charge is 0.311 e. The first-order valence-electron chi connectivity index (χ1n) is 5.02. The van der Waals surface area contributed by atoms with E-state index in [1.807, 2.05) is 0 Å². The molecule has 1 aromatic rings. The Labute approximate surface area is 131 Å². The van der Waals surface area contributed by atoms with Gasteiger partial charge in [0.15, 0.2) is 6.34 Å². The summed E-state index contributed by atoms with van der Waals surface area (Å²) in [6.45, 7) is 0. The summed E-state index contributed by atoms with van der Waals surface area (Å²) in [4.78, 5) is 16.7. The fourth-order valence-corrected chi connectivity index (χ4v) is 2.39. The predicted octanol–water partition coefficient (Wildman–Crippen LogP) is -1.01. The lowest BCUT2D eigenvalue weighted by molar-refractivity contribution is -0.720. The molecular weight excluding hydrogens is 332 g/mol. The van der Waals surface area contributed by atoms with Crippen LogP contribution in [0.2, 0.25) is 15.1 Å². The number of anilines is 1. The van der Waals surface area contributed by atoms with E-state index in [1.54, 1.807) is 13.4 Å². The van der Waals surface area contributed by atoms with E-state index < -0.39 is 0 Å². The van der Waals surface area contributed by atoms with Gasteiger partial charge in [0.1, 0.15) is 0 Å². The zero-order valence-electron chi connectivity index (χ0n) is 9.68. The quantitative estimate of drug-likeness (QED) is 0.712. The molecule has 1 unspecified atom stereocenters. The number of hydrogen-bond acceptors (Lipinski definition) is 2. The molecule has 0 fully saturated rings. The molecule has 0 aliphatic carbocycles. The van der Waals surface area contributed by atoms with Crippen LogP contribution in [-0.2, 0) is 4.79 Å². The van der Waals surface area contributed by atoms with Gasteiger partial charge >= 0.3 is 5.91 Å². The van der Waals surface area contributed by atoms with Crippen molar-refractivity contribution in [2.75, 3.05) is 12.4 Å². The number of quaternary nitrogens is 1. The molecule has 19 heavy (non-hydrogen) atoms. The molecule has 2 rings (SSSR count). The van der Waals surface area contributed by atoms with E-state index in [1.165, 1.54) is 18.3 Å². The largest absolute Gasteiger partial charge is 1.00 e. The van der Waals surface area contributed by atoms with Gasteiger partial charge in [0.2, 0.25) is 5.70 Å². The number of halogens is 4. The molecule has 0 aromatic heterocycles. The average molecular weight is 341 g/mol. The molecule has 8 heteroatoms. The van der Waals surface area contributed by atoms with Crippen molar-refractivity contribution in [1.29, 1.82) is 0 Å². The minimum Gasteiger partial charge on any atom is -1.00 e. The van der Waals surface area contributed by atoms with Crippen LogP contribution in [0.1, 0.15) is 0 Å². The number of benzene rings is 1. The maximum absolute atomic E-state index is 12.0. The van der Waals surface area contributed by atoms with Crippen LogP contribution < -0.4 is 22.6 Å². The normalized spacial score (nSPS) is 16.8. The van der Waals surface area contributed by atoms with Gasteiger partial charge in [-0.05, 0) is 12.1 Å². The van der Waals surface area contributed by atoms with Gasteiger partial charge in [0, 0.05) is 5.02 Å². The molecular formula is C11H9Cl4N3O. The molecule has 1 atom stereocenters. The van der Waals surface area contributed by atoms with Crippen LogP contribution in [0.4, 0.5) is 5.69 Å². The van der Waals surface area contributed by atoms with Gasteiger partial charge in [0.05, 0.1) is 29.0 Å². The highest BCUT2D eigenvalue weighted by molar-refractivity contribution is 6.42. The van der Waals surface area contributed by atoms with Crippen molar-refractivity contribution < 1.29 is 22.1 Å². The molecule has 2 N–H and O–H groups in total. The van der Waals surface area contributed by atoms with E-state index >= 15 is 0 Å². The number of hydrogen-bond donors (Lipinski definition) is 2. The van der Waals surface area contributed by atoms with Crippen molar-refractivity contribution in [1.82, 2.24) is 0 Å². The third-order valence-corrected chi connectivity index (χ3v) is 3.20. The van der Waals surface area contributed by atoms with Gasteiger partial charge in [-0.2, -0.15) is 0 Å². The number of carbonyl (C=O) groups is 1. The van der Waals surface area contributed by atoms with Crippen LogP contribution in [0.5, 0.6) is 0 Å². The lowest BCUT2D eigenvalue weighted by Crippen LogP contribution is -3.06. The SMILES string of the molecule is C[NH+]1C=NC=C1C(=O)Nc1c(Cl)cc(Cl)cc1Cl.[Cl-]. The van der Waals surface area contributed by atoms with E-state index in [0.29, 0.717) is 16.4 Å². The molecule has 0 spiro atoms. The van der Waals surface area contributed by atoms with Crippen LogP contribution in [-0.4, -0.2) is 19.3 Å². The van der Waals surface area contributed by atoms with E-state index in [0.717, 1.165) is 4.90 Å². The summed E-state index contributed by atoms with van der Waals surface area (Å²) in [5.41, 5.74) is 0.824. The molecule has 1 aliphatic rings. The fourth-order valence-electron chi connectivity index (χ4n) is 1.48. The summed E-state index contributed by atoms with van der Waals surface area (Å²) in [5.74, 6) is -0.309. The molecule has 1 amide bonds.